The third-order valence-electron chi connectivity index (χ3n) is 7.88. The third kappa shape index (κ3) is 9.76. The summed E-state index contributed by atoms with van der Waals surface area (Å²) in [5.74, 6) is 0.770. The first kappa shape index (κ1) is 34.0. The summed E-state index contributed by atoms with van der Waals surface area (Å²) in [5.41, 5.74) is 3.85. The molecule has 1 fully saturated rings. The van der Waals surface area contributed by atoms with E-state index in [1.54, 1.807) is 19.3 Å². The molecule has 2 aromatic carbocycles. The summed E-state index contributed by atoms with van der Waals surface area (Å²) in [4.78, 5) is 35.9. The number of alkyl halides is 1. The van der Waals surface area contributed by atoms with Crippen molar-refractivity contribution in [1.82, 2.24) is 25.5 Å². The number of rotatable bonds is 8. The maximum Gasteiger partial charge on any atom is 0.225 e. The summed E-state index contributed by atoms with van der Waals surface area (Å²) in [7, 11) is 0. The SMILES string of the molecule is CC(=O)NC(C)(C)c1ccc(C(C)Cl)cc1.CC(=O)NC(C)(C)c1ccc(C(C)N2CCN(c3ncccn3)CC2)cc1. The number of carbonyl (C=O) groups excluding carboxylic acids is 2. The lowest BCUT2D eigenvalue weighted by Gasteiger charge is -2.38. The molecule has 1 aromatic heterocycles. The van der Waals surface area contributed by atoms with Gasteiger partial charge in [-0.2, -0.15) is 0 Å². The highest BCUT2D eigenvalue weighted by atomic mass is 35.5. The van der Waals surface area contributed by atoms with Crippen LogP contribution in [-0.2, 0) is 20.7 Å². The zero-order valence-electron chi connectivity index (χ0n) is 26.8. The van der Waals surface area contributed by atoms with Crippen LogP contribution in [0.15, 0.2) is 67.0 Å². The molecule has 2 amide bonds. The Hall–Kier alpha value is -3.49. The zero-order valence-corrected chi connectivity index (χ0v) is 27.6. The number of nitrogens with one attached hydrogen (secondary N) is 2. The number of nitrogens with zero attached hydrogens (tertiary/aromatic N) is 4. The Morgan fingerprint density at radius 1 is 0.744 bits per heavy atom. The number of amides is 2. The molecule has 2 unspecified atom stereocenters. The molecule has 0 radical (unpaired) electrons. The topological polar surface area (TPSA) is 90.5 Å². The van der Waals surface area contributed by atoms with Crippen LogP contribution in [0.5, 0.6) is 0 Å². The molecule has 8 nitrogen and oxygen atoms in total. The summed E-state index contributed by atoms with van der Waals surface area (Å²) in [6, 6.07) is 18.8. The van der Waals surface area contributed by atoms with Crippen molar-refractivity contribution >= 4 is 29.4 Å². The van der Waals surface area contributed by atoms with E-state index in [1.807, 2.05) is 65.0 Å². The average Bonchev–Trinajstić information content (AvgIpc) is 2.96. The van der Waals surface area contributed by atoms with Gasteiger partial charge in [-0.1, -0.05) is 48.5 Å². The second kappa shape index (κ2) is 14.8. The largest absolute Gasteiger partial charge is 0.347 e. The van der Waals surface area contributed by atoms with Gasteiger partial charge in [0.05, 0.1) is 16.5 Å². The van der Waals surface area contributed by atoms with Crippen LogP contribution in [0.3, 0.4) is 0 Å². The van der Waals surface area contributed by atoms with Gasteiger partial charge < -0.3 is 15.5 Å². The molecule has 43 heavy (non-hydrogen) atoms. The van der Waals surface area contributed by atoms with Gasteiger partial charge in [-0.15, -0.1) is 11.6 Å². The van der Waals surface area contributed by atoms with E-state index >= 15 is 0 Å². The molecular weight excluding hydrogens is 560 g/mol. The van der Waals surface area contributed by atoms with E-state index in [9.17, 15) is 9.59 Å². The van der Waals surface area contributed by atoms with Crippen molar-refractivity contribution in [2.45, 2.75) is 77.9 Å². The highest BCUT2D eigenvalue weighted by Gasteiger charge is 2.25. The van der Waals surface area contributed by atoms with Crippen molar-refractivity contribution < 1.29 is 9.59 Å². The Morgan fingerprint density at radius 3 is 1.56 bits per heavy atom. The third-order valence-corrected chi connectivity index (χ3v) is 8.13. The fraction of sp³-hybridized carbons (Fsp3) is 0.471. The molecule has 3 aromatic rings. The van der Waals surface area contributed by atoms with Crippen molar-refractivity contribution in [3.8, 4) is 0 Å². The Kier molecular flexibility index (Phi) is 11.7. The Bertz CT molecular complexity index is 1320. The quantitative estimate of drug-likeness (QED) is 0.302. The molecule has 1 saturated heterocycles. The second-order valence-electron chi connectivity index (χ2n) is 12.2. The molecule has 0 aliphatic carbocycles. The van der Waals surface area contributed by atoms with Gasteiger partial charge in [-0.25, -0.2) is 9.97 Å². The lowest BCUT2D eigenvalue weighted by Crippen LogP contribution is -2.47. The fourth-order valence-electron chi connectivity index (χ4n) is 5.34. The maximum atomic E-state index is 11.4. The molecule has 232 valence electrons. The number of hydrogen-bond donors (Lipinski definition) is 2. The van der Waals surface area contributed by atoms with Crippen LogP contribution in [0.25, 0.3) is 0 Å². The first-order chi connectivity index (χ1) is 20.2. The Morgan fingerprint density at radius 2 is 1.16 bits per heavy atom. The van der Waals surface area contributed by atoms with Crippen LogP contribution < -0.4 is 15.5 Å². The van der Waals surface area contributed by atoms with Gasteiger partial charge >= 0.3 is 0 Å². The number of hydrogen-bond acceptors (Lipinski definition) is 6. The number of carbonyl (C=O) groups is 2. The first-order valence-corrected chi connectivity index (χ1v) is 15.3. The van der Waals surface area contributed by atoms with E-state index in [2.05, 4.69) is 61.6 Å². The number of benzene rings is 2. The Labute approximate surface area is 262 Å². The van der Waals surface area contributed by atoms with Crippen molar-refractivity contribution in [3.05, 3.63) is 89.2 Å². The van der Waals surface area contributed by atoms with Gasteiger partial charge in [0.1, 0.15) is 0 Å². The summed E-state index contributed by atoms with van der Waals surface area (Å²) in [5, 5.41) is 5.93. The standard InChI is InChI=1S/C21H29N5O.C13H18ClNO/c1-16(18-6-8-19(9-7-18)21(3,4)24-17(2)27)25-12-14-26(15-13-25)20-22-10-5-11-23-20;1-9(14)11-5-7-12(8-6-11)13(3,4)15-10(2)16/h5-11,16H,12-15H2,1-4H3,(H,24,27);5-9H,1-4H3,(H,15,16). The molecule has 9 heteroatoms. The Balaban J connectivity index is 0.000000271. The molecule has 2 atom stereocenters. The highest BCUT2D eigenvalue weighted by molar-refractivity contribution is 6.20. The smallest absolute Gasteiger partial charge is 0.225 e. The summed E-state index contributed by atoms with van der Waals surface area (Å²) in [6.45, 7) is 19.1. The fourth-order valence-corrected chi connectivity index (χ4v) is 5.49. The number of piperazine rings is 1. The first-order valence-electron chi connectivity index (χ1n) is 14.9. The average molecular weight is 607 g/mol. The molecule has 4 rings (SSSR count). The molecule has 0 bridgehead atoms. The van der Waals surface area contributed by atoms with Crippen molar-refractivity contribution in [2.24, 2.45) is 0 Å². The lowest BCUT2D eigenvalue weighted by molar-refractivity contribution is -0.121. The predicted octanol–water partition coefficient (Wildman–Crippen LogP) is 6.09. The number of anilines is 1. The monoisotopic (exact) mass is 606 g/mol. The van der Waals surface area contributed by atoms with Crippen molar-refractivity contribution in [1.29, 1.82) is 0 Å². The van der Waals surface area contributed by atoms with Crippen molar-refractivity contribution in [3.63, 3.8) is 0 Å². The minimum atomic E-state index is -0.366. The minimum absolute atomic E-state index is 0.0120. The van der Waals surface area contributed by atoms with Gasteiger partial charge in [0.25, 0.3) is 0 Å². The lowest BCUT2D eigenvalue weighted by atomic mass is 9.92. The minimum Gasteiger partial charge on any atom is -0.347 e. The highest BCUT2D eigenvalue weighted by Crippen LogP contribution is 2.27. The number of aromatic nitrogens is 2. The predicted molar refractivity (Wildman–Crippen MR) is 175 cm³/mol. The molecule has 1 aliphatic heterocycles. The van der Waals surface area contributed by atoms with Gasteiger partial charge in [0, 0.05) is 58.5 Å². The van der Waals surface area contributed by atoms with Gasteiger partial charge in [0.2, 0.25) is 17.8 Å². The van der Waals surface area contributed by atoms with Gasteiger partial charge in [0.15, 0.2) is 0 Å². The van der Waals surface area contributed by atoms with Crippen LogP contribution in [0, 0.1) is 0 Å². The normalized spacial score (nSPS) is 15.5. The zero-order chi connectivity index (χ0) is 31.8. The van der Waals surface area contributed by atoms with Crippen LogP contribution >= 0.6 is 11.6 Å². The molecule has 1 aliphatic rings. The summed E-state index contributed by atoms with van der Waals surface area (Å²) < 4.78 is 0. The van der Waals surface area contributed by atoms with E-state index < -0.39 is 0 Å². The molecule has 0 spiro atoms. The van der Waals surface area contributed by atoms with E-state index in [1.165, 1.54) is 12.5 Å². The van der Waals surface area contributed by atoms with Gasteiger partial charge in [-0.3, -0.25) is 14.5 Å². The van der Waals surface area contributed by atoms with Crippen LogP contribution in [0.4, 0.5) is 5.95 Å². The van der Waals surface area contributed by atoms with Crippen molar-refractivity contribution in [2.75, 3.05) is 31.1 Å². The van der Waals surface area contributed by atoms with Crippen LogP contribution in [-0.4, -0.2) is 52.9 Å². The summed E-state index contributed by atoms with van der Waals surface area (Å²) in [6.07, 6.45) is 3.59. The number of halogens is 1. The molecular formula is C34H47ClN6O2. The van der Waals surface area contributed by atoms with Crippen LogP contribution in [0.2, 0.25) is 0 Å². The second-order valence-corrected chi connectivity index (χ2v) is 12.9. The maximum absolute atomic E-state index is 11.4. The molecule has 0 saturated carbocycles. The van der Waals surface area contributed by atoms with E-state index in [-0.39, 0.29) is 28.3 Å². The van der Waals surface area contributed by atoms with E-state index in [4.69, 9.17) is 11.6 Å². The molecule has 2 heterocycles. The molecule has 2 N–H and O–H groups in total. The van der Waals surface area contributed by atoms with Crippen LogP contribution in [0.1, 0.15) is 89.1 Å². The van der Waals surface area contributed by atoms with E-state index in [0.29, 0.717) is 6.04 Å². The summed E-state index contributed by atoms with van der Waals surface area (Å²) >= 11 is 5.98. The van der Waals surface area contributed by atoms with Gasteiger partial charge in [-0.05, 0) is 69.9 Å². The van der Waals surface area contributed by atoms with E-state index in [0.717, 1.165) is 48.8 Å².